The molecule has 0 N–H and O–H groups in total. The number of carbonyl (C=O) groups excluding carboxylic acids is 1. The summed E-state index contributed by atoms with van der Waals surface area (Å²) in [7, 11) is 0. The van der Waals surface area contributed by atoms with Gasteiger partial charge >= 0.3 is 6.18 Å². The summed E-state index contributed by atoms with van der Waals surface area (Å²) in [5.41, 5.74) is 2.42. The van der Waals surface area contributed by atoms with E-state index in [-0.39, 0.29) is 17.8 Å². The van der Waals surface area contributed by atoms with Crippen molar-refractivity contribution in [2.45, 2.75) is 32.0 Å². The minimum atomic E-state index is -4.61. The minimum Gasteiger partial charge on any atom is -0.303 e. The first kappa shape index (κ1) is 24.0. The van der Waals surface area contributed by atoms with Crippen LogP contribution in [-0.4, -0.2) is 43.2 Å². The first-order chi connectivity index (χ1) is 17.1. The third-order valence-electron chi connectivity index (χ3n) is 5.97. The molecule has 3 heterocycles. The molecule has 4 aromatic rings. The van der Waals surface area contributed by atoms with Crippen LogP contribution in [0.5, 0.6) is 0 Å². The number of nitrogens with zero attached hydrogens (tertiary/aromatic N) is 6. The second-order valence-electron chi connectivity index (χ2n) is 8.54. The zero-order valence-electron chi connectivity index (χ0n) is 18.9. The molecule has 0 fully saturated rings. The zero-order chi connectivity index (χ0) is 25.6. The maximum Gasteiger partial charge on any atom is 0.406 e. The van der Waals surface area contributed by atoms with Crippen LogP contribution in [0, 0.1) is 12.7 Å². The van der Waals surface area contributed by atoms with Gasteiger partial charge in [-0.15, -0.1) is 5.10 Å². The fraction of sp³-hybridized carbons (Fsp3) is 0.250. The number of halogens is 5. The molecule has 0 radical (unpaired) electrons. The molecular formula is C24H19ClF4N6O. The fourth-order valence-electron chi connectivity index (χ4n) is 4.31. The van der Waals surface area contributed by atoms with Crippen molar-refractivity contribution in [1.29, 1.82) is 0 Å². The number of rotatable bonds is 4. The van der Waals surface area contributed by atoms with E-state index in [1.54, 1.807) is 35.9 Å². The lowest BCUT2D eigenvalue weighted by atomic mass is 10.1. The largest absolute Gasteiger partial charge is 0.406 e. The number of alkyl halides is 3. The van der Waals surface area contributed by atoms with E-state index in [2.05, 4.69) is 15.3 Å². The molecule has 0 bridgehead atoms. The smallest absolute Gasteiger partial charge is 0.303 e. The van der Waals surface area contributed by atoms with Gasteiger partial charge in [0, 0.05) is 22.5 Å². The standard InChI is InChI=1S/C24H19ClF4N6O/c1-14-10-33(13-30-14)21-5-2-15(9-18(21)26)19-11-35(32-31-19)22-6-3-16-8-17(25)4-7-20(16)34(23(22)36)12-24(27,28)29/h2,4-5,7-11,13,22H,3,6,12H2,1H3. The van der Waals surface area contributed by atoms with Crippen molar-refractivity contribution in [3.05, 3.63) is 77.2 Å². The lowest BCUT2D eigenvalue weighted by molar-refractivity contribution is -0.134. The molecule has 0 aliphatic carbocycles. The van der Waals surface area contributed by atoms with Crippen LogP contribution < -0.4 is 4.90 Å². The van der Waals surface area contributed by atoms with Crippen molar-refractivity contribution in [1.82, 2.24) is 24.5 Å². The van der Waals surface area contributed by atoms with Gasteiger partial charge in [-0.25, -0.2) is 14.1 Å². The van der Waals surface area contributed by atoms with Crippen LogP contribution in [0.1, 0.15) is 23.7 Å². The highest BCUT2D eigenvalue weighted by Gasteiger charge is 2.39. The number of imidazole rings is 1. The summed E-state index contributed by atoms with van der Waals surface area (Å²) < 4.78 is 57.7. The van der Waals surface area contributed by atoms with E-state index < -0.39 is 30.5 Å². The van der Waals surface area contributed by atoms with Crippen LogP contribution in [0.3, 0.4) is 0 Å². The predicted molar refractivity (Wildman–Crippen MR) is 124 cm³/mol. The highest BCUT2D eigenvalue weighted by Crippen LogP contribution is 2.35. The van der Waals surface area contributed by atoms with Crippen LogP contribution in [0.25, 0.3) is 16.9 Å². The highest BCUT2D eigenvalue weighted by molar-refractivity contribution is 6.30. The lowest BCUT2D eigenvalue weighted by Crippen LogP contribution is -2.42. The number of aromatic nitrogens is 5. The number of fused-ring (bicyclic) bond motifs is 1. The van der Waals surface area contributed by atoms with Gasteiger partial charge in [0.05, 0.1) is 23.9 Å². The lowest BCUT2D eigenvalue weighted by Gasteiger charge is -2.26. The second kappa shape index (κ2) is 9.05. The van der Waals surface area contributed by atoms with E-state index in [1.807, 2.05) is 0 Å². The Bertz CT molecular complexity index is 1450. The molecule has 0 saturated heterocycles. The Morgan fingerprint density at radius 1 is 1.11 bits per heavy atom. The summed E-state index contributed by atoms with van der Waals surface area (Å²) in [4.78, 5) is 18.1. The third kappa shape index (κ3) is 4.70. The number of aryl methyl sites for hydroxylation is 2. The molecule has 1 aliphatic rings. The van der Waals surface area contributed by atoms with Gasteiger partial charge in [0.2, 0.25) is 0 Å². The summed E-state index contributed by atoms with van der Waals surface area (Å²) in [6, 6.07) is 7.89. The van der Waals surface area contributed by atoms with Crippen molar-refractivity contribution in [2.75, 3.05) is 11.4 Å². The molecule has 7 nitrogen and oxygen atoms in total. The Labute approximate surface area is 207 Å². The topological polar surface area (TPSA) is 68.8 Å². The molecule has 0 spiro atoms. The van der Waals surface area contributed by atoms with E-state index in [1.165, 1.54) is 35.4 Å². The van der Waals surface area contributed by atoms with Gasteiger partial charge in [0.25, 0.3) is 5.91 Å². The molecule has 2 aromatic heterocycles. The van der Waals surface area contributed by atoms with Crippen molar-refractivity contribution in [3.63, 3.8) is 0 Å². The van der Waals surface area contributed by atoms with Gasteiger partial charge in [0.15, 0.2) is 0 Å². The summed E-state index contributed by atoms with van der Waals surface area (Å²) in [5.74, 6) is -1.28. The average molecular weight is 519 g/mol. The second-order valence-corrected chi connectivity index (χ2v) is 8.98. The van der Waals surface area contributed by atoms with E-state index in [0.29, 0.717) is 33.2 Å². The van der Waals surface area contributed by atoms with E-state index >= 15 is 0 Å². The van der Waals surface area contributed by atoms with Crippen molar-refractivity contribution in [3.8, 4) is 16.9 Å². The number of hydrogen-bond donors (Lipinski definition) is 0. The number of carbonyl (C=O) groups is 1. The molecule has 1 amide bonds. The quantitative estimate of drug-likeness (QED) is 0.343. The Hall–Kier alpha value is -3.73. The van der Waals surface area contributed by atoms with Gasteiger partial charge < -0.3 is 9.47 Å². The van der Waals surface area contributed by atoms with Crippen LogP contribution in [0.4, 0.5) is 23.2 Å². The number of amides is 1. The summed E-state index contributed by atoms with van der Waals surface area (Å²) in [5, 5.41) is 8.42. The third-order valence-corrected chi connectivity index (χ3v) is 6.21. The van der Waals surface area contributed by atoms with E-state index in [4.69, 9.17) is 11.6 Å². The Balaban J connectivity index is 1.46. The molecule has 186 valence electrons. The molecule has 12 heteroatoms. The Morgan fingerprint density at radius 2 is 1.89 bits per heavy atom. The predicted octanol–water partition coefficient (Wildman–Crippen LogP) is 5.31. The number of anilines is 1. The van der Waals surface area contributed by atoms with Gasteiger partial charge in [0.1, 0.15) is 24.1 Å². The molecule has 2 aromatic carbocycles. The fourth-order valence-corrected chi connectivity index (χ4v) is 4.50. The van der Waals surface area contributed by atoms with Crippen molar-refractivity contribution in [2.24, 2.45) is 0 Å². The maximum atomic E-state index is 14.8. The molecule has 36 heavy (non-hydrogen) atoms. The summed E-state index contributed by atoms with van der Waals surface area (Å²) in [6.45, 7) is 0.345. The molecule has 5 rings (SSSR count). The molecular weight excluding hydrogens is 500 g/mol. The van der Waals surface area contributed by atoms with E-state index in [0.717, 1.165) is 5.69 Å². The van der Waals surface area contributed by atoms with Crippen molar-refractivity contribution < 1.29 is 22.4 Å². The number of benzene rings is 2. The normalized spacial score (nSPS) is 16.2. The summed E-state index contributed by atoms with van der Waals surface area (Å²) in [6.07, 6.45) is 0.512. The van der Waals surface area contributed by atoms with Crippen LogP contribution in [0.2, 0.25) is 5.02 Å². The number of hydrogen-bond acceptors (Lipinski definition) is 4. The van der Waals surface area contributed by atoms with Crippen LogP contribution in [0.15, 0.2) is 55.1 Å². The molecule has 1 aliphatic heterocycles. The first-order valence-electron chi connectivity index (χ1n) is 11.0. The van der Waals surface area contributed by atoms with Gasteiger partial charge in [-0.3, -0.25) is 4.79 Å². The highest BCUT2D eigenvalue weighted by atomic mass is 35.5. The van der Waals surface area contributed by atoms with Gasteiger partial charge in [-0.1, -0.05) is 22.9 Å². The molecule has 1 atom stereocenters. The van der Waals surface area contributed by atoms with E-state index in [9.17, 15) is 22.4 Å². The zero-order valence-corrected chi connectivity index (χ0v) is 19.6. The molecule has 1 unspecified atom stereocenters. The SMILES string of the molecule is Cc1cn(-c2ccc(-c3cn(C4CCc5cc(Cl)ccc5N(CC(F)(F)F)C4=O)nn3)cc2F)cn1. The van der Waals surface area contributed by atoms with Gasteiger partial charge in [-0.2, -0.15) is 13.2 Å². The first-order valence-corrected chi connectivity index (χ1v) is 11.4. The van der Waals surface area contributed by atoms with Gasteiger partial charge in [-0.05, 0) is 55.7 Å². The van der Waals surface area contributed by atoms with Crippen LogP contribution in [-0.2, 0) is 11.2 Å². The minimum absolute atomic E-state index is 0.164. The monoisotopic (exact) mass is 518 g/mol. The summed E-state index contributed by atoms with van der Waals surface area (Å²) >= 11 is 6.05. The van der Waals surface area contributed by atoms with Crippen molar-refractivity contribution >= 4 is 23.2 Å². The van der Waals surface area contributed by atoms with Crippen LogP contribution >= 0.6 is 11.6 Å². The maximum absolute atomic E-state index is 14.8. The Kier molecular flexibility index (Phi) is 6.03. The Morgan fingerprint density at radius 3 is 2.58 bits per heavy atom. The molecule has 0 saturated carbocycles. The average Bonchev–Trinajstić information content (AvgIpc) is 3.44.